The molecule has 0 amide bonds. The molecule has 5 aromatic rings. The van der Waals surface area contributed by atoms with E-state index in [2.05, 4.69) is 66.3 Å². The van der Waals surface area contributed by atoms with Gasteiger partial charge in [0, 0.05) is 32.5 Å². The first-order valence-electron chi connectivity index (χ1n) is 12.4. The fourth-order valence-corrected chi connectivity index (χ4v) is 5.93. The van der Waals surface area contributed by atoms with Crippen LogP contribution in [0.15, 0.2) is 73.1 Å². The molecule has 0 aliphatic heterocycles. The third kappa shape index (κ3) is 5.83. The molecule has 3 aromatic heterocycles. The first-order valence-corrected chi connectivity index (χ1v) is 13.2. The van der Waals surface area contributed by atoms with Gasteiger partial charge in [0.1, 0.15) is 0 Å². The van der Waals surface area contributed by atoms with E-state index in [1.807, 2.05) is 61.0 Å². The molecule has 36 heavy (non-hydrogen) atoms. The number of hydrogen-bond acceptors (Lipinski definition) is 3. The molecule has 1 aliphatic rings. The summed E-state index contributed by atoms with van der Waals surface area (Å²) in [5.41, 5.74) is 8.38. The zero-order chi connectivity index (χ0) is 24.2. The van der Waals surface area contributed by atoms with E-state index in [1.165, 1.54) is 52.5 Å². The standard InChI is InChI=1S/C20H20NS.C12H10N.Ir/c1-13(2)14-10-11-21-18(12-14)17-8-5-7-16-15-6-3-4-9-19(15)22-20(16)17;1-10-7-8-12(13-9-10)11-5-3-2-4-6-11;/h5,7,10-13H,3-4,6,9H2,1-2H3;2-5,7-9H,1H3;/q2*-1;. The minimum Gasteiger partial charge on any atom is -0.305 e. The number of rotatable bonds is 3. The van der Waals surface area contributed by atoms with Crippen LogP contribution in [0.1, 0.15) is 54.2 Å². The molecule has 0 atom stereocenters. The van der Waals surface area contributed by atoms with Gasteiger partial charge in [-0.2, -0.15) is 11.3 Å². The third-order valence-electron chi connectivity index (χ3n) is 6.52. The Balaban J connectivity index is 0.000000187. The van der Waals surface area contributed by atoms with E-state index in [1.54, 1.807) is 10.4 Å². The maximum Gasteiger partial charge on any atom is 0.0190 e. The van der Waals surface area contributed by atoms with E-state index in [-0.39, 0.29) is 20.1 Å². The molecular formula is C32H30IrN2S-2. The van der Waals surface area contributed by atoms with Gasteiger partial charge in [-0.05, 0) is 76.7 Å². The van der Waals surface area contributed by atoms with Crippen LogP contribution in [0.2, 0.25) is 0 Å². The molecule has 3 heterocycles. The largest absolute Gasteiger partial charge is 0.305 e. The molecule has 0 saturated carbocycles. The molecule has 2 aromatic carbocycles. The van der Waals surface area contributed by atoms with Crippen molar-refractivity contribution in [3.63, 3.8) is 0 Å². The van der Waals surface area contributed by atoms with Gasteiger partial charge in [0.05, 0.1) is 0 Å². The maximum absolute atomic E-state index is 4.62. The van der Waals surface area contributed by atoms with Crippen molar-refractivity contribution < 1.29 is 20.1 Å². The van der Waals surface area contributed by atoms with Gasteiger partial charge < -0.3 is 9.97 Å². The average Bonchev–Trinajstić information content (AvgIpc) is 3.29. The summed E-state index contributed by atoms with van der Waals surface area (Å²) in [6.07, 6.45) is 8.95. The second-order valence-corrected chi connectivity index (χ2v) is 10.5. The second-order valence-electron chi connectivity index (χ2n) is 9.43. The fourth-order valence-electron chi connectivity index (χ4n) is 4.54. The van der Waals surface area contributed by atoms with Gasteiger partial charge in [0.2, 0.25) is 0 Å². The van der Waals surface area contributed by atoms with Crippen LogP contribution < -0.4 is 0 Å². The SMILES string of the molecule is CC(C)c1ccnc(-c2[c-]ccc3c4c(sc23)CCCC4)c1.Cc1ccc(-c2[c-]cccc2)nc1.[Ir]. The minimum atomic E-state index is 0. The number of thiophene rings is 1. The topological polar surface area (TPSA) is 25.8 Å². The van der Waals surface area contributed by atoms with Crippen molar-refractivity contribution in [3.05, 3.63) is 107 Å². The van der Waals surface area contributed by atoms with Gasteiger partial charge in [-0.15, -0.1) is 59.7 Å². The van der Waals surface area contributed by atoms with Gasteiger partial charge in [0.15, 0.2) is 0 Å². The monoisotopic (exact) mass is 667 g/mol. The van der Waals surface area contributed by atoms with Crippen LogP contribution >= 0.6 is 11.3 Å². The minimum absolute atomic E-state index is 0. The number of hydrogen-bond donors (Lipinski definition) is 0. The number of aromatic nitrogens is 2. The third-order valence-corrected chi connectivity index (χ3v) is 7.85. The fraction of sp³-hybridized carbons (Fsp3) is 0.250. The predicted octanol–water partition coefficient (Wildman–Crippen LogP) is 8.62. The summed E-state index contributed by atoms with van der Waals surface area (Å²) in [5, 5.41) is 1.44. The summed E-state index contributed by atoms with van der Waals surface area (Å²) in [7, 11) is 0. The number of benzene rings is 2. The second kappa shape index (κ2) is 12.1. The molecule has 0 unspecified atom stereocenters. The molecule has 6 rings (SSSR count). The Bertz CT molecular complexity index is 1420. The number of aryl methyl sites for hydroxylation is 3. The summed E-state index contributed by atoms with van der Waals surface area (Å²) in [6, 6.07) is 27.2. The van der Waals surface area contributed by atoms with E-state index < -0.39 is 0 Å². The Morgan fingerprint density at radius 3 is 2.50 bits per heavy atom. The van der Waals surface area contributed by atoms with Crippen LogP contribution in [-0.2, 0) is 32.9 Å². The summed E-state index contributed by atoms with van der Waals surface area (Å²) in [4.78, 5) is 10.5. The molecule has 2 nitrogen and oxygen atoms in total. The molecule has 0 spiro atoms. The Labute approximate surface area is 232 Å². The van der Waals surface area contributed by atoms with E-state index in [9.17, 15) is 0 Å². The van der Waals surface area contributed by atoms with Crippen molar-refractivity contribution in [1.29, 1.82) is 0 Å². The number of pyridine rings is 2. The van der Waals surface area contributed by atoms with E-state index in [4.69, 9.17) is 0 Å². The maximum atomic E-state index is 4.62. The molecule has 1 radical (unpaired) electrons. The summed E-state index contributed by atoms with van der Waals surface area (Å²) < 4.78 is 1.38. The molecule has 1 aliphatic carbocycles. The number of nitrogens with zero attached hydrogens (tertiary/aromatic N) is 2. The van der Waals surface area contributed by atoms with E-state index >= 15 is 0 Å². The molecule has 4 heteroatoms. The van der Waals surface area contributed by atoms with Gasteiger partial charge in [-0.25, -0.2) is 0 Å². The van der Waals surface area contributed by atoms with Crippen molar-refractivity contribution in [2.75, 3.05) is 0 Å². The number of fused-ring (bicyclic) bond motifs is 3. The normalized spacial score (nSPS) is 12.4. The molecule has 0 fully saturated rings. The van der Waals surface area contributed by atoms with Crippen LogP contribution in [0.5, 0.6) is 0 Å². The van der Waals surface area contributed by atoms with Gasteiger partial charge in [-0.3, -0.25) is 0 Å². The Kier molecular flexibility index (Phi) is 8.85. The summed E-state index contributed by atoms with van der Waals surface area (Å²) >= 11 is 1.96. The smallest absolute Gasteiger partial charge is 0.0190 e. The van der Waals surface area contributed by atoms with Crippen molar-refractivity contribution in [1.82, 2.24) is 9.97 Å². The Morgan fingerprint density at radius 2 is 1.75 bits per heavy atom. The molecular weight excluding hydrogens is 637 g/mol. The summed E-state index contributed by atoms with van der Waals surface area (Å²) in [6.45, 7) is 6.49. The first-order chi connectivity index (χ1) is 17.1. The zero-order valence-electron chi connectivity index (χ0n) is 21.0. The van der Waals surface area contributed by atoms with Crippen molar-refractivity contribution in [2.24, 2.45) is 0 Å². The van der Waals surface area contributed by atoms with Crippen LogP contribution in [0.25, 0.3) is 32.6 Å². The first kappa shape index (κ1) is 26.4. The summed E-state index contributed by atoms with van der Waals surface area (Å²) in [5.74, 6) is 0.525. The molecule has 0 N–H and O–H groups in total. The van der Waals surface area contributed by atoms with Crippen LogP contribution in [-0.4, -0.2) is 9.97 Å². The Hall–Kier alpha value is -2.65. The van der Waals surface area contributed by atoms with Crippen LogP contribution in [0.4, 0.5) is 0 Å². The Morgan fingerprint density at radius 1 is 0.889 bits per heavy atom. The average molecular weight is 667 g/mol. The molecule has 0 saturated heterocycles. The zero-order valence-corrected chi connectivity index (χ0v) is 24.2. The van der Waals surface area contributed by atoms with Gasteiger partial charge >= 0.3 is 0 Å². The van der Waals surface area contributed by atoms with E-state index in [0.29, 0.717) is 5.92 Å². The van der Waals surface area contributed by atoms with Crippen LogP contribution in [0, 0.1) is 19.1 Å². The predicted molar refractivity (Wildman–Crippen MR) is 148 cm³/mol. The quantitative estimate of drug-likeness (QED) is 0.180. The van der Waals surface area contributed by atoms with Crippen molar-refractivity contribution in [3.8, 4) is 22.5 Å². The van der Waals surface area contributed by atoms with Crippen LogP contribution in [0.3, 0.4) is 0 Å². The molecule has 185 valence electrons. The van der Waals surface area contributed by atoms with E-state index in [0.717, 1.165) is 17.0 Å². The van der Waals surface area contributed by atoms with Crippen molar-refractivity contribution in [2.45, 2.75) is 52.4 Å². The van der Waals surface area contributed by atoms with Crippen molar-refractivity contribution >= 4 is 21.4 Å². The van der Waals surface area contributed by atoms with Gasteiger partial charge in [0.25, 0.3) is 0 Å². The van der Waals surface area contributed by atoms with Gasteiger partial charge in [-0.1, -0.05) is 43.0 Å². The molecule has 0 bridgehead atoms.